The van der Waals surface area contributed by atoms with E-state index in [0.29, 0.717) is 5.16 Å². The predicted molar refractivity (Wildman–Crippen MR) is 131 cm³/mol. The van der Waals surface area contributed by atoms with E-state index in [1.165, 1.54) is 16.0 Å². The lowest BCUT2D eigenvalue weighted by molar-refractivity contribution is 0.414. The van der Waals surface area contributed by atoms with E-state index in [4.69, 9.17) is 9.72 Å². The van der Waals surface area contributed by atoms with Crippen LogP contribution in [0.2, 0.25) is 0 Å². The Morgan fingerprint density at radius 1 is 1.06 bits per heavy atom. The Morgan fingerprint density at radius 3 is 2.42 bits per heavy atom. The van der Waals surface area contributed by atoms with Gasteiger partial charge in [-0.25, -0.2) is 4.98 Å². The van der Waals surface area contributed by atoms with Crippen molar-refractivity contribution in [2.45, 2.75) is 44.5 Å². The van der Waals surface area contributed by atoms with Crippen molar-refractivity contribution in [2.75, 3.05) is 7.11 Å². The number of fused-ring (bicyclic) bond motifs is 1. The fraction of sp³-hybridized carbons (Fsp3) is 0.280. The highest BCUT2D eigenvalue weighted by Crippen LogP contribution is 2.32. The van der Waals surface area contributed by atoms with Gasteiger partial charge in [-0.05, 0) is 55.7 Å². The lowest BCUT2D eigenvalue weighted by Gasteiger charge is -2.13. The number of ether oxygens (including phenoxy) is 1. The minimum Gasteiger partial charge on any atom is -0.497 e. The van der Waals surface area contributed by atoms with Gasteiger partial charge in [-0.3, -0.25) is 9.36 Å². The van der Waals surface area contributed by atoms with E-state index in [1.54, 1.807) is 34.8 Å². The molecule has 0 saturated carbocycles. The van der Waals surface area contributed by atoms with E-state index in [2.05, 4.69) is 38.1 Å². The molecular formula is C25H26N2O2S2. The fourth-order valence-corrected chi connectivity index (χ4v) is 5.85. The molecule has 4 nitrogen and oxygen atoms in total. The maximum Gasteiger partial charge on any atom is 0.267 e. The third-order valence-electron chi connectivity index (χ3n) is 5.33. The van der Waals surface area contributed by atoms with Crippen molar-refractivity contribution in [1.29, 1.82) is 0 Å². The first-order valence-corrected chi connectivity index (χ1v) is 12.2. The molecule has 31 heavy (non-hydrogen) atoms. The van der Waals surface area contributed by atoms with E-state index in [-0.39, 0.29) is 5.56 Å². The average molecular weight is 451 g/mol. The molecule has 2 aromatic heterocycles. The molecule has 0 amide bonds. The highest BCUT2D eigenvalue weighted by Gasteiger charge is 2.19. The summed E-state index contributed by atoms with van der Waals surface area (Å²) in [6, 6.07) is 16.1. The maximum absolute atomic E-state index is 13.7. The zero-order chi connectivity index (χ0) is 22.0. The van der Waals surface area contributed by atoms with Crippen LogP contribution < -0.4 is 10.3 Å². The second kappa shape index (κ2) is 9.28. The Hall–Kier alpha value is -2.57. The standard InChI is InChI=1S/C25H26N2O2S2/c1-5-6-21-17(3)22-23(31-21)26-25(30-15-18-9-7-16(2)8-10-18)27(24(22)28)19-11-13-20(29-4)14-12-19/h7-14H,5-6,15H2,1-4H3. The van der Waals surface area contributed by atoms with Gasteiger partial charge in [-0.2, -0.15) is 0 Å². The third-order valence-corrected chi connectivity index (χ3v) is 7.58. The van der Waals surface area contributed by atoms with E-state index >= 15 is 0 Å². The Balaban J connectivity index is 1.84. The maximum atomic E-state index is 13.7. The first kappa shape index (κ1) is 21.7. The van der Waals surface area contributed by atoms with Crippen LogP contribution in [0, 0.1) is 13.8 Å². The molecule has 0 aliphatic carbocycles. The zero-order valence-electron chi connectivity index (χ0n) is 18.3. The van der Waals surface area contributed by atoms with Crippen LogP contribution in [0.25, 0.3) is 15.9 Å². The summed E-state index contributed by atoms with van der Waals surface area (Å²) >= 11 is 3.25. The second-order valence-corrected chi connectivity index (χ2v) is 9.61. The number of aromatic nitrogens is 2. The summed E-state index contributed by atoms with van der Waals surface area (Å²) in [5.74, 6) is 1.51. The van der Waals surface area contributed by atoms with Gasteiger partial charge in [-0.1, -0.05) is 54.9 Å². The van der Waals surface area contributed by atoms with Gasteiger partial charge in [0.2, 0.25) is 0 Å². The van der Waals surface area contributed by atoms with Crippen LogP contribution in [0.5, 0.6) is 5.75 Å². The quantitative estimate of drug-likeness (QED) is 0.244. The monoisotopic (exact) mass is 450 g/mol. The summed E-state index contributed by atoms with van der Waals surface area (Å²) in [4.78, 5) is 20.7. The molecule has 4 rings (SSSR count). The molecule has 4 aromatic rings. The molecule has 0 N–H and O–H groups in total. The molecule has 0 fully saturated rings. The van der Waals surface area contributed by atoms with Gasteiger partial charge in [0.25, 0.3) is 5.56 Å². The first-order valence-electron chi connectivity index (χ1n) is 10.4. The van der Waals surface area contributed by atoms with Crippen molar-refractivity contribution in [2.24, 2.45) is 0 Å². The first-order chi connectivity index (χ1) is 15.0. The predicted octanol–water partition coefficient (Wildman–Crippen LogP) is 6.32. The fourth-order valence-electron chi connectivity index (χ4n) is 3.56. The number of thiophene rings is 1. The molecular weight excluding hydrogens is 424 g/mol. The summed E-state index contributed by atoms with van der Waals surface area (Å²) in [5.41, 5.74) is 4.31. The number of aryl methyl sites for hydroxylation is 3. The highest BCUT2D eigenvalue weighted by atomic mass is 32.2. The van der Waals surface area contributed by atoms with Crippen molar-refractivity contribution in [3.8, 4) is 11.4 Å². The van der Waals surface area contributed by atoms with Gasteiger partial charge in [0, 0.05) is 10.6 Å². The van der Waals surface area contributed by atoms with Gasteiger partial charge in [0.1, 0.15) is 10.6 Å². The number of hydrogen-bond acceptors (Lipinski definition) is 5. The molecule has 0 radical (unpaired) electrons. The van der Waals surface area contributed by atoms with Crippen LogP contribution in [0.4, 0.5) is 0 Å². The van der Waals surface area contributed by atoms with Crippen molar-refractivity contribution in [3.63, 3.8) is 0 Å². The minimum absolute atomic E-state index is 0.00215. The summed E-state index contributed by atoms with van der Waals surface area (Å²) in [6.07, 6.45) is 2.02. The lowest BCUT2D eigenvalue weighted by Crippen LogP contribution is -2.21. The third kappa shape index (κ3) is 4.41. The number of rotatable bonds is 7. The normalized spacial score (nSPS) is 11.2. The SMILES string of the molecule is CCCc1sc2nc(SCc3ccc(C)cc3)n(-c3ccc(OC)cc3)c(=O)c2c1C. The molecule has 0 bridgehead atoms. The lowest BCUT2D eigenvalue weighted by atomic mass is 10.1. The number of thioether (sulfide) groups is 1. The summed E-state index contributed by atoms with van der Waals surface area (Å²) in [5, 5.41) is 1.46. The number of nitrogens with zero attached hydrogens (tertiary/aromatic N) is 2. The Labute approximate surface area is 190 Å². The Bertz CT molecular complexity index is 1260. The largest absolute Gasteiger partial charge is 0.497 e. The topological polar surface area (TPSA) is 44.1 Å². The van der Waals surface area contributed by atoms with Crippen molar-refractivity contribution >= 4 is 33.3 Å². The zero-order valence-corrected chi connectivity index (χ0v) is 19.9. The van der Waals surface area contributed by atoms with Gasteiger partial charge in [0.15, 0.2) is 5.16 Å². The van der Waals surface area contributed by atoms with Crippen LogP contribution in [0.15, 0.2) is 58.5 Å². The van der Waals surface area contributed by atoms with E-state index in [1.807, 2.05) is 31.2 Å². The molecule has 0 unspecified atom stereocenters. The molecule has 0 spiro atoms. The molecule has 2 aromatic carbocycles. The molecule has 0 saturated heterocycles. The minimum atomic E-state index is -0.00215. The molecule has 2 heterocycles. The van der Waals surface area contributed by atoms with Gasteiger partial charge >= 0.3 is 0 Å². The van der Waals surface area contributed by atoms with E-state index in [9.17, 15) is 4.79 Å². The average Bonchev–Trinajstić information content (AvgIpc) is 3.09. The van der Waals surface area contributed by atoms with Crippen LogP contribution in [-0.4, -0.2) is 16.7 Å². The molecule has 0 atom stereocenters. The van der Waals surface area contributed by atoms with Crippen molar-refractivity contribution in [3.05, 3.63) is 80.5 Å². The number of methoxy groups -OCH3 is 1. The Kier molecular flexibility index (Phi) is 6.49. The van der Waals surface area contributed by atoms with E-state index in [0.717, 1.165) is 45.8 Å². The van der Waals surface area contributed by atoms with Crippen LogP contribution >= 0.6 is 23.1 Å². The summed E-state index contributed by atoms with van der Waals surface area (Å²) < 4.78 is 7.04. The van der Waals surface area contributed by atoms with Crippen LogP contribution in [0.1, 0.15) is 34.9 Å². The number of hydrogen-bond donors (Lipinski definition) is 0. The van der Waals surface area contributed by atoms with Gasteiger partial charge < -0.3 is 4.74 Å². The second-order valence-electron chi connectivity index (χ2n) is 7.59. The molecule has 0 aliphatic rings. The molecule has 0 aliphatic heterocycles. The van der Waals surface area contributed by atoms with E-state index < -0.39 is 0 Å². The molecule has 160 valence electrons. The van der Waals surface area contributed by atoms with Crippen LogP contribution in [-0.2, 0) is 12.2 Å². The smallest absolute Gasteiger partial charge is 0.267 e. The van der Waals surface area contributed by atoms with Crippen molar-refractivity contribution in [1.82, 2.24) is 9.55 Å². The van der Waals surface area contributed by atoms with Gasteiger partial charge in [0.05, 0.1) is 18.2 Å². The number of benzene rings is 2. The Morgan fingerprint density at radius 2 is 1.77 bits per heavy atom. The van der Waals surface area contributed by atoms with Crippen LogP contribution in [0.3, 0.4) is 0 Å². The van der Waals surface area contributed by atoms with Gasteiger partial charge in [-0.15, -0.1) is 11.3 Å². The summed E-state index contributed by atoms with van der Waals surface area (Å²) in [6.45, 7) is 6.29. The molecule has 6 heteroatoms. The summed E-state index contributed by atoms with van der Waals surface area (Å²) in [7, 11) is 1.64. The van der Waals surface area contributed by atoms with Crippen molar-refractivity contribution < 1.29 is 4.74 Å². The highest BCUT2D eigenvalue weighted by molar-refractivity contribution is 7.98.